The van der Waals surface area contributed by atoms with E-state index < -0.39 is 0 Å². The van der Waals surface area contributed by atoms with E-state index in [0.717, 1.165) is 62.8 Å². The zero-order valence-electron chi connectivity index (χ0n) is 19.8. The molecule has 1 fully saturated rings. The van der Waals surface area contributed by atoms with Gasteiger partial charge in [-0.2, -0.15) is 0 Å². The number of halogens is 1. The molecule has 180 valence electrons. The van der Waals surface area contributed by atoms with Crippen molar-refractivity contribution in [1.29, 1.82) is 0 Å². The fraction of sp³-hybridized carbons (Fsp3) is 0.462. The highest BCUT2D eigenvalue weighted by atomic mass is 127. The average molecular weight is 565 g/mol. The van der Waals surface area contributed by atoms with Crippen LogP contribution in [0.1, 0.15) is 37.3 Å². The zero-order chi connectivity index (χ0) is 22.6. The molecule has 2 aromatic rings. The minimum Gasteiger partial charge on any atom is -0.494 e. The fourth-order valence-corrected chi connectivity index (χ4v) is 3.84. The number of benzene rings is 2. The van der Waals surface area contributed by atoms with Crippen LogP contribution >= 0.6 is 24.0 Å². The van der Waals surface area contributed by atoms with Gasteiger partial charge in [-0.15, -0.1) is 24.0 Å². The van der Waals surface area contributed by atoms with Gasteiger partial charge in [0, 0.05) is 45.6 Å². The third-order valence-electron chi connectivity index (χ3n) is 5.71. The van der Waals surface area contributed by atoms with Crippen molar-refractivity contribution >= 4 is 35.8 Å². The molecule has 33 heavy (non-hydrogen) atoms. The van der Waals surface area contributed by atoms with Crippen LogP contribution in [0.5, 0.6) is 5.75 Å². The molecule has 1 aliphatic rings. The molecule has 0 spiro atoms. The summed E-state index contributed by atoms with van der Waals surface area (Å²) in [6, 6.07) is 18.5. The van der Waals surface area contributed by atoms with Crippen molar-refractivity contribution in [3.63, 3.8) is 0 Å². The van der Waals surface area contributed by atoms with E-state index in [-0.39, 0.29) is 29.9 Å². The van der Waals surface area contributed by atoms with Crippen LogP contribution in [0.4, 0.5) is 0 Å². The van der Waals surface area contributed by atoms with E-state index in [4.69, 9.17) is 4.74 Å². The third kappa shape index (κ3) is 9.23. The van der Waals surface area contributed by atoms with Gasteiger partial charge in [0.1, 0.15) is 5.75 Å². The maximum Gasteiger partial charge on any atom is 0.223 e. The summed E-state index contributed by atoms with van der Waals surface area (Å²) in [5, 5.41) is 6.74. The lowest BCUT2D eigenvalue weighted by molar-refractivity contribution is -0.127. The Bertz CT molecular complexity index is 876. The Morgan fingerprint density at radius 1 is 1.12 bits per heavy atom. The lowest BCUT2D eigenvalue weighted by atomic mass is 10.1. The number of carbonyl (C=O) groups excluding carboxylic acids is 1. The van der Waals surface area contributed by atoms with E-state index in [0.29, 0.717) is 18.9 Å². The monoisotopic (exact) mass is 564 g/mol. The molecule has 1 unspecified atom stereocenters. The maximum atomic E-state index is 12.4. The van der Waals surface area contributed by atoms with E-state index in [9.17, 15) is 4.79 Å². The first-order valence-corrected chi connectivity index (χ1v) is 11.7. The molecular formula is C26H37IN4O2. The average Bonchev–Trinajstić information content (AvgIpc) is 3.18. The number of nitrogens with one attached hydrogen (secondary N) is 2. The van der Waals surface area contributed by atoms with Gasteiger partial charge in [0.25, 0.3) is 0 Å². The summed E-state index contributed by atoms with van der Waals surface area (Å²) in [6.07, 6.45) is 3.68. The first kappa shape index (κ1) is 27.0. The minimum atomic E-state index is 0. The predicted molar refractivity (Wildman–Crippen MR) is 145 cm³/mol. The number of rotatable bonds is 11. The second-order valence-electron chi connectivity index (χ2n) is 8.30. The summed E-state index contributed by atoms with van der Waals surface area (Å²) in [7, 11) is 1.77. The Morgan fingerprint density at radius 3 is 2.67 bits per heavy atom. The number of aliphatic imine (C=N–C) groups is 1. The topological polar surface area (TPSA) is 66.0 Å². The SMILES string of the molecule is CCCCOc1cccc(CNC(=NC)NCC2CC(=O)N(CCc3ccccc3)C2)c1.I. The summed E-state index contributed by atoms with van der Waals surface area (Å²) < 4.78 is 5.79. The molecule has 1 aliphatic heterocycles. The Hall–Kier alpha value is -2.29. The van der Waals surface area contributed by atoms with Crippen LogP contribution in [0.2, 0.25) is 0 Å². The number of carbonyl (C=O) groups is 1. The van der Waals surface area contributed by atoms with Crippen molar-refractivity contribution in [2.45, 2.75) is 39.2 Å². The molecule has 2 aromatic carbocycles. The van der Waals surface area contributed by atoms with Crippen LogP contribution in [0.25, 0.3) is 0 Å². The Labute approximate surface area is 215 Å². The number of hydrogen-bond acceptors (Lipinski definition) is 3. The van der Waals surface area contributed by atoms with Gasteiger partial charge < -0.3 is 20.3 Å². The van der Waals surface area contributed by atoms with Gasteiger partial charge in [-0.25, -0.2) is 0 Å². The van der Waals surface area contributed by atoms with Crippen LogP contribution in [0, 0.1) is 5.92 Å². The Balaban J connectivity index is 0.00000385. The molecular weight excluding hydrogens is 527 g/mol. The van der Waals surface area contributed by atoms with E-state index in [1.165, 1.54) is 5.56 Å². The first-order chi connectivity index (χ1) is 15.7. The second kappa shape index (κ2) is 14.8. The fourth-order valence-electron chi connectivity index (χ4n) is 3.84. The molecule has 1 saturated heterocycles. The molecule has 1 atom stereocenters. The van der Waals surface area contributed by atoms with Crippen molar-refractivity contribution in [3.05, 3.63) is 65.7 Å². The van der Waals surface area contributed by atoms with Gasteiger partial charge in [-0.05, 0) is 36.1 Å². The van der Waals surface area contributed by atoms with Crippen LogP contribution in [0.15, 0.2) is 59.6 Å². The van der Waals surface area contributed by atoms with Gasteiger partial charge in [0.2, 0.25) is 5.91 Å². The minimum absolute atomic E-state index is 0. The van der Waals surface area contributed by atoms with Crippen molar-refractivity contribution in [2.75, 3.05) is 33.3 Å². The molecule has 0 aromatic heterocycles. The molecule has 0 saturated carbocycles. The van der Waals surface area contributed by atoms with E-state index in [1.54, 1.807) is 7.05 Å². The van der Waals surface area contributed by atoms with Gasteiger partial charge in [-0.1, -0.05) is 55.8 Å². The highest BCUT2D eigenvalue weighted by Crippen LogP contribution is 2.18. The standard InChI is InChI=1S/C26H36N4O2.HI/c1-3-4-15-32-24-12-8-11-22(16-24)18-28-26(27-2)29-19-23-17-25(31)30(20-23)14-13-21-9-6-5-7-10-21;/h5-12,16,23H,3-4,13-15,17-20H2,1-2H3,(H2,27,28,29);1H. The Morgan fingerprint density at radius 2 is 1.91 bits per heavy atom. The van der Waals surface area contributed by atoms with E-state index in [1.807, 2.05) is 35.2 Å². The quantitative estimate of drug-likeness (QED) is 0.186. The third-order valence-corrected chi connectivity index (χ3v) is 5.71. The normalized spacial score (nSPS) is 15.8. The largest absolute Gasteiger partial charge is 0.494 e. The van der Waals surface area contributed by atoms with Gasteiger partial charge in [-0.3, -0.25) is 9.79 Å². The van der Waals surface area contributed by atoms with Crippen molar-refractivity contribution < 1.29 is 9.53 Å². The van der Waals surface area contributed by atoms with Gasteiger partial charge >= 0.3 is 0 Å². The number of hydrogen-bond donors (Lipinski definition) is 2. The van der Waals surface area contributed by atoms with Crippen LogP contribution in [-0.2, 0) is 17.8 Å². The number of likely N-dealkylation sites (tertiary alicyclic amines) is 1. The van der Waals surface area contributed by atoms with Crippen LogP contribution < -0.4 is 15.4 Å². The highest BCUT2D eigenvalue weighted by molar-refractivity contribution is 14.0. The number of guanidine groups is 1. The molecule has 7 heteroatoms. The van der Waals surface area contributed by atoms with E-state index >= 15 is 0 Å². The zero-order valence-corrected chi connectivity index (χ0v) is 22.1. The lowest BCUT2D eigenvalue weighted by Crippen LogP contribution is -2.40. The lowest BCUT2D eigenvalue weighted by Gasteiger charge is -2.18. The molecule has 1 amide bonds. The van der Waals surface area contributed by atoms with Gasteiger partial charge in [0.05, 0.1) is 6.61 Å². The Kier molecular flexibility index (Phi) is 12.1. The summed E-state index contributed by atoms with van der Waals surface area (Å²) in [5.41, 5.74) is 2.41. The maximum absolute atomic E-state index is 12.4. The number of amides is 1. The second-order valence-corrected chi connectivity index (χ2v) is 8.30. The number of nitrogens with zero attached hydrogens (tertiary/aromatic N) is 2. The van der Waals surface area contributed by atoms with Crippen molar-refractivity contribution in [1.82, 2.24) is 15.5 Å². The first-order valence-electron chi connectivity index (χ1n) is 11.7. The highest BCUT2D eigenvalue weighted by Gasteiger charge is 2.29. The van der Waals surface area contributed by atoms with Crippen LogP contribution in [0.3, 0.4) is 0 Å². The summed E-state index contributed by atoms with van der Waals surface area (Å²) in [4.78, 5) is 18.7. The number of unbranched alkanes of at least 4 members (excludes halogenated alkanes) is 1. The smallest absolute Gasteiger partial charge is 0.223 e. The molecule has 1 heterocycles. The molecule has 0 aliphatic carbocycles. The predicted octanol–water partition coefficient (Wildman–Crippen LogP) is 4.24. The molecule has 3 rings (SSSR count). The number of ether oxygens (including phenoxy) is 1. The van der Waals surface area contributed by atoms with Crippen LogP contribution in [-0.4, -0.2) is 50.1 Å². The molecule has 2 N–H and O–H groups in total. The molecule has 0 radical (unpaired) electrons. The molecule has 0 bridgehead atoms. The van der Waals surface area contributed by atoms with Crippen molar-refractivity contribution in [2.24, 2.45) is 10.9 Å². The van der Waals surface area contributed by atoms with Crippen molar-refractivity contribution in [3.8, 4) is 5.75 Å². The summed E-state index contributed by atoms with van der Waals surface area (Å²) >= 11 is 0. The van der Waals surface area contributed by atoms with Gasteiger partial charge in [0.15, 0.2) is 5.96 Å². The summed E-state index contributed by atoms with van der Waals surface area (Å²) in [6.45, 7) is 5.88. The summed E-state index contributed by atoms with van der Waals surface area (Å²) in [5.74, 6) is 2.20. The van der Waals surface area contributed by atoms with E-state index in [2.05, 4.69) is 46.8 Å². The molecule has 6 nitrogen and oxygen atoms in total.